The van der Waals surface area contributed by atoms with Gasteiger partial charge in [-0.1, -0.05) is 232 Å². The maximum atomic E-state index is 13.0. The number of rotatable bonds is 45. The number of phosphoric ester groups is 1. The molecule has 382 valence electrons. The van der Waals surface area contributed by atoms with Gasteiger partial charge in [-0.2, -0.15) is 0 Å². The van der Waals surface area contributed by atoms with Gasteiger partial charge in [-0.25, -0.2) is 4.57 Å². The molecule has 0 saturated heterocycles. The molecule has 0 amide bonds. The summed E-state index contributed by atoms with van der Waals surface area (Å²) in [5, 5.41) is 85.3. The van der Waals surface area contributed by atoms with Gasteiger partial charge in [0.15, 0.2) is 0 Å². The molecule has 13 nitrogen and oxygen atoms in total. The zero-order valence-electron chi connectivity index (χ0n) is 40.7. The van der Waals surface area contributed by atoms with E-state index in [4.69, 9.17) is 9.05 Å². The zero-order valence-corrected chi connectivity index (χ0v) is 41.6. The second kappa shape index (κ2) is 40.2. The Balaban J connectivity index is 2.43. The molecule has 1 aliphatic carbocycles. The molecule has 1 fully saturated rings. The van der Waals surface area contributed by atoms with Crippen LogP contribution in [0.15, 0.2) is 4.99 Å². The lowest BCUT2D eigenvalue weighted by molar-refractivity contribution is -0.221. The molecule has 1 aliphatic rings. The second-order valence-corrected chi connectivity index (χ2v) is 20.5. The van der Waals surface area contributed by atoms with Gasteiger partial charge in [-0.05, 0) is 25.2 Å². The lowest BCUT2D eigenvalue weighted by Crippen LogP contribution is -2.64. The van der Waals surface area contributed by atoms with Crippen LogP contribution in [0.1, 0.15) is 251 Å². The fourth-order valence-electron chi connectivity index (χ4n) is 8.82. The molecule has 3 unspecified atom stereocenters. The van der Waals surface area contributed by atoms with Gasteiger partial charge >= 0.3 is 7.82 Å². The molecule has 10 atom stereocenters. The number of hydrogen-bond acceptors (Lipinski definition) is 12. The third-order valence-electron chi connectivity index (χ3n) is 13.2. The third-order valence-corrected chi connectivity index (χ3v) is 14.2. The SMILES string of the molecule is CCCCCCCCCCCCCCCCCCCCCCCCCC([O-])=N[C@@H](COP(=O)(O)OC1[C@H](O)[C@H](O)C(O)[C@H](O)[C@H]1O)[C@H](O)[C@@H](O)CCCCCCCCCCCCCC. The van der Waals surface area contributed by atoms with Crippen LogP contribution in [-0.2, 0) is 13.6 Å². The van der Waals surface area contributed by atoms with E-state index in [1.54, 1.807) is 0 Å². The number of aliphatic hydroxyl groups excluding tert-OH is 7. The predicted molar refractivity (Wildman–Crippen MR) is 256 cm³/mol. The lowest BCUT2D eigenvalue weighted by atomic mass is 9.85. The van der Waals surface area contributed by atoms with Crippen molar-refractivity contribution in [1.29, 1.82) is 0 Å². The van der Waals surface area contributed by atoms with Crippen molar-refractivity contribution in [3.63, 3.8) is 0 Å². The molecule has 8 N–H and O–H groups in total. The first-order chi connectivity index (χ1) is 30.9. The number of nitrogens with zero attached hydrogens (tertiary/aromatic N) is 1. The molecule has 1 saturated carbocycles. The van der Waals surface area contributed by atoms with E-state index in [2.05, 4.69) is 18.8 Å². The van der Waals surface area contributed by atoms with E-state index in [0.717, 1.165) is 51.4 Å². The van der Waals surface area contributed by atoms with Crippen molar-refractivity contribution in [3.8, 4) is 0 Å². The normalized spacial score (nSPS) is 23.0. The Morgan fingerprint density at radius 2 is 0.797 bits per heavy atom. The highest BCUT2D eigenvalue weighted by Gasteiger charge is 2.51. The molecule has 64 heavy (non-hydrogen) atoms. The molecule has 0 aromatic heterocycles. The summed E-state index contributed by atoms with van der Waals surface area (Å²) in [4.78, 5) is 14.5. The van der Waals surface area contributed by atoms with E-state index in [9.17, 15) is 50.3 Å². The average Bonchev–Trinajstić information content (AvgIpc) is 3.28. The molecule has 0 aromatic rings. The summed E-state index contributed by atoms with van der Waals surface area (Å²) in [6, 6.07) is -1.42. The Morgan fingerprint density at radius 3 is 1.14 bits per heavy atom. The summed E-state index contributed by atoms with van der Waals surface area (Å²) in [5.74, 6) is -0.541. The molecule has 0 aliphatic heterocycles. The van der Waals surface area contributed by atoms with Gasteiger partial charge < -0.3 is 45.7 Å². The first-order valence-corrected chi connectivity index (χ1v) is 28.0. The smallest absolute Gasteiger partial charge is 0.472 e. The lowest BCUT2D eigenvalue weighted by Gasteiger charge is -2.41. The van der Waals surface area contributed by atoms with Gasteiger partial charge in [0.25, 0.3) is 0 Å². The highest BCUT2D eigenvalue weighted by atomic mass is 31.2. The number of aliphatic hydroxyl groups is 7. The zero-order chi connectivity index (χ0) is 47.3. The standard InChI is InChI=1S/C50H100NO12P/c1-3-5-7-9-11-13-15-17-18-19-20-21-22-23-24-25-26-27-29-31-33-35-37-39-43(53)51-41(40-62-64(60,61)63-50-48(58)46(56)45(55)47(57)49(50)59)44(54)42(52)38-36-34-32-30-28-16-14-12-10-8-6-4-2/h41-42,44-50,52,54-59H,3-40H2,1-2H3,(H,51,53)(H,60,61)/p-1/t41-,42-,44-,45?,46-,47+,48+,49+,50?/m0/s1. The Hall–Kier alpha value is -0.700. The highest BCUT2D eigenvalue weighted by molar-refractivity contribution is 7.47. The fourth-order valence-corrected chi connectivity index (χ4v) is 9.78. The minimum absolute atomic E-state index is 0.100. The molecule has 1 rings (SSSR count). The Labute approximate surface area is 389 Å². The summed E-state index contributed by atoms with van der Waals surface area (Å²) in [6.45, 7) is 3.67. The monoisotopic (exact) mass is 937 g/mol. The van der Waals surface area contributed by atoms with Crippen LogP contribution >= 0.6 is 7.82 Å². The Kier molecular flexibility index (Phi) is 38.5. The molecule has 0 spiro atoms. The van der Waals surface area contributed by atoms with E-state index in [-0.39, 0.29) is 12.8 Å². The predicted octanol–water partition coefficient (Wildman–Crippen LogP) is 9.63. The topological polar surface area (TPSA) is 233 Å². The van der Waals surface area contributed by atoms with Crippen LogP contribution in [-0.4, -0.2) is 108 Å². The fraction of sp³-hybridized carbons (Fsp3) is 0.980. The molecular weight excluding hydrogens is 838 g/mol. The maximum absolute atomic E-state index is 13.0. The van der Waals surface area contributed by atoms with Gasteiger partial charge in [0.2, 0.25) is 0 Å². The summed E-state index contributed by atoms with van der Waals surface area (Å²) >= 11 is 0. The van der Waals surface area contributed by atoms with Crippen molar-refractivity contribution in [2.45, 2.75) is 306 Å². The van der Waals surface area contributed by atoms with Gasteiger partial charge in [0.05, 0.1) is 12.7 Å². The van der Waals surface area contributed by atoms with E-state index in [0.29, 0.717) is 12.8 Å². The van der Waals surface area contributed by atoms with Crippen LogP contribution in [0.5, 0.6) is 0 Å². The van der Waals surface area contributed by atoms with Crippen LogP contribution in [0.2, 0.25) is 0 Å². The van der Waals surface area contributed by atoms with Gasteiger partial charge in [-0.15, -0.1) is 0 Å². The maximum Gasteiger partial charge on any atom is 0.472 e. The van der Waals surface area contributed by atoms with Crippen LogP contribution < -0.4 is 5.11 Å². The first kappa shape index (κ1) is 61.3. The third kappa shape index (κ3) is 30.6. The molecule has 0 heterocycles. The second-order valence-electron chi connectivity index (χ2n) is 19.1. The van der Waals surface area contributed by atoms with Crippen molar-refractivity contribution in [3.05, 3.63) is 0 Å². The van der Waals surface area contributed by atoms with Gasteiger partial charge in [-0.3, -0.25) is 14.0 Å². The van der Waals surface area contributed by atoms with Crippen LogP contribution in [0.3, 0.4) is 0 Å². The van der Waals surface area contributed by atoms with Crippen molar-refractivity contribution < 1.29 is 59.4 Å². The summed E-state index contributed by atoms with van der Waals surface area (Å²) in [5.41, 5.74) is 0. The summed E-state index contributed by atoms with van der Waals surface area (Å²) in [6.07, 6.45) is 28.2. The van der Waals surface area contributed by atoms with E-state index < -0.39 is 75.2 Å². The summed E-state index contributed by atoms with van der Waals surface area (Å²) in [7, 11) is -5.17. The molecule has 0 radical (unpaired) electrons. The number of hydrogen-bond donors (Lipinski definition) is 8. The molecule has 0 aromatic carbocycles. The number of unbranched alkanes of at least 4 members (excludes halogenated alkanes) is 33. The molecule has 14 heteroatoms. The molecular formula is C50H99NO12P-. The van der Waals surface area contributed by atoms with Crippen molar-refractivity contribution >= 4 is 13.7 Å². The van der Waals surface area contributed by atoms with E-state index in [1.165, 1.54) is 161 Å². The van der Waals surface area contributed by atoms with Crippen LogP contribution in [0.25, 0.3) is 0 Å². The largest absolute Gasteiger partial charge is 0.862 e. The number of phosphoric acid groups is 1. The molecule has 0 bridgehead atoms. The minimum atomic E-state index is -5.17. The van der Waals surface area contributed by atoms with Crippen LogP contribution in [0.4, 0.5) is 0 Å². The van der Waals surface area contributed by atoms with E-state index >= 15 is 0 Å². The highest BCUT2D eigenvalue weighted by Crippen LogP contribution is 2.47. The van der Waals surface area contributed by atoms with E-state index in [1.807, 2.05) is 0 Å². The van der Waals surface area contributed by atoms with Gasteiger partial charge in [0.1, 0.15) is 48.8 Å². The first-order valence-electron chi connectivity index (χ1n) is 26.5. The average molecular weight is 937 g/mol. The Morgan fingerprint density at radius 1 is 0.500 bits per heavy atom. The van der Waals surface area contributed by atoms with Crippen molar-refractivity contribution in [2.24, 2.45) is 4.99 Å². The Bertz CT molecular complexity index is 1120. The number of aliphatic imine (C=N–C) groups is 1. The van der Waals surface area contributed by atoms with Crippen molar-refractivity contribution in [2.75, 3.05) is 6.61 Å². The minimum Gasteiger partial charge on any atom is -0.862 e. The van der Waals surface area contributed by atoms with Crippen molar-refractivity contribution in [1.82, 2.24) is 0 Å². The van der Waals surface area contributed by atoms with Gasteiger partial charge in [0, 0.05) is 0 Å². The quantitative estimate of drug-likeness (QED) is 0.0123. The summed E-state index contributed by atoms with van der Waals surface area (Å²) < 4.78 is 22.9. The van der Waals surface area contributed by atoms with Crippen LogP contribution in [0, 0.1) is 0 Å².